The normalized spacial score (nSPS) is 17.8. The number of aromatic amines is 1. The van der Waals surface area contributed by atoms with Crippen molar-refractivity contribution < 1.29 is 8.78 Å². The molecular formula is C25H21F2N5O. The Morgan fingerprint density at radius 3 is 2.70 bits per heavy atom. The summed E-state index contributed by atoms with van der Waals surface area (Å²) in [4.78, 5) is 22.7. The van der Waals surface area contributed by atoms with E-state index in [1.165, 1.54) is 4.52 Å². The molecule has 8 heteroatoms. The first-order chi connectivity index (χ1) is 15.9. The van der Waals surface area contributed by atoms with E-state index in [4.69, 9.17) is 4.98 Å². The Morgan fingerprint density at radius 2 is 1.94 bits per heavy atom. The Hall–Kier alpha value is -3.81. The predicted molar refractivity (Wildman–Crippen MR) is 122 cm³/mol. The molecule has 1 fully saturated rings. The molecule has 33 heavy (non-hydrogen) atoms. The highest BCUT2D eigenvalue weighted by atomic mass is 19.3. The van der Waals surface area contributed by atoms with E-state index in [9.17, 15) is 13.6 Å². The van der Waals surface area contributed by atoms with Gasteiger partial charge in [0.1, 0.15) is 5.65 Å². The number of alkyl halides is 2. The van der Waals surface area contributed by atoms with Crippen LogP contribution in [0, 0.1) is 6.92 Å². The SMILES string of the molecule is Cc1nc2c(C3CCC(F)(F)C3)c(-c3ccccc3)[nH]n2c(=O)c1-c1ccc2nccn2c1. The summed E-state index contributed by atoms with van der Waals surface area (Å²) in [6.07, 6.45) is 5.32. The summed E-state index contributed by atoms with van der Waals surface area (Å²) in [7, 11) is 0. The van der Waals surface area contributed by atoms with Gasteiger partial charge in [-0.05, 0) is 37.0 Å². The fourth-order valence-corrected chi connectivity index (χ4v) is 5.00. The zero-order chi connectivity index (χ0) is 22.7. The van der Waals surface area contributed by atoms with E-state index < -0.39 is 5.92 Å². The molecule has 0 amide bonds. The molecule has 0 bridgehead atoms. The number of aromatic nitrogens is 5. The summed E-state index contributed by atoms with van der Waals surface area (Å²) in [6, 6.07) is 13.2. The molecule has 1 aliphatic carbocycles. The average Bonchev–Trinajstić information content (AvgIpc) is 3.50. The summed E-state index contributed by atoms with van der Waals surface area (Å²) in [5.41, 5.74) is 4.88. The summed E-state index contributed by atoms with van der Waals surface area (Å²) in [5, 5.41) is 3.20. The number of pyridine rings is 1. The van der Waals surface area contributed by atoms with Crippen molar-refractivity contribution >= 4 is 11.3 Å². The molecule has 0 saturated heterocycles. The number of H-pyrrole nitrogens is 1. The largest absolute Gasteiger partial charge is 0.306 e. The minimum atomic E-state index is -2.71. The molecular weight excluding hydrogens is 424 g/mol. The second-order valence-corrected chi connectivity index (χ2v) is 8.71. The number of nitrogens with zero attached hydrogens (tertiary/aromatic N) is 4. The van der Waals surface area contributed by atoms with Crippen LogP contribution in [0.2, 0.25) is 0 Å². The molecule has 4 heterocycles. The smallest absolute Gasteiger partial charge is 0.280 e. The summed E-state index contributed by atoms with van der Waals surface area (Å²) < 4.78 is 31.6. The summed E-state index contributed by atoms with van der Waals surface area (Å²) in [5.74, 6) is -3.08. The highest BCUT2D eigenvalue weighted by Gasteiger charge is 2.42. The fraction of sp³-hybridized carbons (Fsp3) is 0.240. The van der Waals surface area contributed by atoms with E-state index >= 15 is 0 Å². The molecule has 1 unspecified atom stereocenters. The molecule has 1 atom stereocenters. The molecule has 0 aliphatic heterocycles. The van der Waals surface area contributed by atoms with Crippen molar-refractivity contribution in [2.24, 2.45) is 0 Å². The summed E-state index contributed by atoms with van der Waals surface area (Å²) >= 11 is 0. The van der Waals surface area contributed by atoms with Crippen molar-refractivity contribution in [3.8, 4) is 22.4 Å². The van der Waals surface area contributed by atoms with Crippen molar-refractivity contribution in [1.82, 2.24) is 24.0 Å². The van der Waals surface area contributed by atoms with Crippen molar-refractivity contribution in [3.05, 3.63) is 82.7 Å². The van der Waals surface area contributed by atoms with Crippen LogP contribution in [0.3, 0.4) is 0 Å². The number of halogens is 2. The second-order valence-electron chi connectivity index (χ2n) is 8.71. The van der Waals surface area contributed by atoms with E-state index in [2.05, 4.69) is 10.1 Å². The van der Waals surface area contributed by atoms with E-state index in [0.717, 1.165) is 16.8 Å². The standard InChI is InChI=1S/C25H21F2N5O/c1-15-20(18-7-8-19-28-11-12-31(19)14-18)24(33)32-23(29-15)21(17-9-10-25(26,27)13-17)22(30-32)16-5-3-2-4-6-16/h2-8,11-12,14,17,30H,9-10,13H2,1H3. The van der Waals surface area contributed by atoms with Gasteiger partial charge in [0.2, 0.25) is 5.92 Å². The first kappa shape index (κ1) is 19.8. The van der Waals surface area contributed by atoms with E-state index in [1.54, 1.807) is 13.1 Å². The molecule has 5 aromatic rings. The number of benzene rings is 1. The van der Waals surface area contributed by atoms with Crippen LogP contribution in [0.25, 0.3) is 33.7 Å². The van der Waals surface area contributed by atoms with Crippen LogP contribution < -0.4 is 5.56 Å². The maximum absolute atomic E-state index is 14.2. The van der Waals surface area contributed by atoms with Gasteiger partial charge in [-0.1, -0.05) is 30.3 Å². The highest BCUT2D eigenvalue weighted by molar-refractivity contribution is 5.74. The molecule has 1 aromatic carbocycles. The maximum atomic E-state index is 14.2. The monoisotopic (exact) mass is 445 g/mol. The van der Waals surface area contributed by atoms with Crippen LogP contribution in [-0.4, -0.2) is 29.9 Å². The minimum Gasteiger partial charge on any atom is -0.306 e. The van der Waals surface area contributed by atoms with E-state index in [0.29, 0.717) is 34.6 Å². The highest BCUT2D eigenvalue weighted by Crippen LogP contribution is 2.47. The predicted octanol–water partition coefficient (Wildman–Crippen LogP) is 5.22. The number of hydrogen-bond acceptors (Lipinski definition) is 3. The lowest BCUT2D eigenvalue weighted by Crippen LogP contribution is -2.19. The lowest BCUT2D eigenvalue weighted by atomic mass is 9.94. The van der Waals surface area contributed by atoms with Crippen LogP contribution in [-0.2, 0) is 0 Å². The van der Waals surface area contributed by atoms with Gasteiger partial charge in [0.15, 0.2) is 5.65 Å². The topological polar surface area (TPSA) is 67.5 Å². The molecule has 1 aliphatic rings. The molecule has 0 spiro atoms. The molecule has 1 saturated carbocycles. The third-order valence-corrected chi connectivity index (χ3v) is 6.55. The molecule has 0 radical (unpaired) electrons. The van der Waals surface area contributed by atoms with Crippen molar-refractivity contribution in [3.63, 3.8) is 0 Å². The van der Waals surface area contributed by atoms with Crippen molar-refractivity contribution in [2.45, 2.75) is 38.0 Å². The minimum absolute atomic E-state index is 0.157. The van der Waals surface area contributed by atoms with Gasteiger partial charge in [0, 0.05) is 42.6 Å². The Kier molecular flexibility index (Phi) is 4.27. The number of nitrogens with one attached hydrogen (secondary N) is 1. The van der Waals surface area contributed by atoms with E-state index in [1.807, 2.05) is 59.3 Å². The molecule has 6 nitrogen and oxygen atoms in total. The maximum Gasteiger partial charge on any atom is 0.280 e. The van der Waals surface area contributed by atoms with Gasteiger partial charge < -0.3 is 4.40 Å². The quantitative estimate of drug-likeness (QED) is 0.414. The first-order valence-electron chi connectivity index (χ1n) is 10.9. The number of hydrogen-bond donors (Lipinski definition) is 1. The Bertz CT molecular complexity index is 1560. The van der Waals surface area contributed by atoms with Crippen LogP contribution >= 0.6 is 0 Å². The first-order valence-corrected chi connectivity index (χ1v) is 10.9. The Morgan fingerprint density at radius 1 is 1.12 bits per heavy atom. The Balaban J connectivity index is 1.61. The van der Waals surface area contributed by atoms with Crippen molar-refractivity contribution in [1.29, 1.82) is 0 Å². The van der Waals surface area contributed by atoms with Gasteiger partial charge in [-0.15, -0.1) is 0 Å². The van der Waals surface area contributed by atoms with E-state index in [-0.39, 0.29) is 24.3 Å². The number of imidazole rings is 1. The lowest BCUT2D eigenvalue weighted by molar-refractivity contribution is 0.00781. The van der Waals surface area contributed by atoms with Crippen LogP contribution in [0.4, 0.5) is 8.78 Å². The zero-order valence-electron chi connectivity index (χ0n) is 17.9. The van der Waals surface area contributed by atoms with Gasteiger partial charge in [-0.2, -0.15) is 0 Å². The number of rotatable bonds is 3. The number of fused-ring (bicyclic) bond motifs is 2. The van der Waals surface area contributed by atoms with Crippen LogP contribution in [0.1, 0.15) is 36.4 Å². The van der Waals surface area contributed by atoms with Crippen molar-refractivity contribution in [2.75, 3.05) is 0 Å². The molecule has 166 valence electrons. The summed E-state index contributed by atoms with van der Waals surface area (Å²) in [6.45, 7) is 1.79. The number of aryl methyl sites for hydroxylation is 1. The fourth-order valence-electron chi connectivity index (χ4n) is 5.00. The lowest BCUT2D eigenvalue weighted by Gasteiger charge is -2.12. The van der Waals surface area contributed by atoms with Gasteiger partial charge in [0.25, 0.3) is 5.56 Å². The van der Waals surface area contributed by atoms with Crippen LogP contribution in [0.5, 0.6) is 0 Å². The second kappa shape index (κ2) is 7.10. The van der Waals surface area contributed by atoms with Crippen LogP contribution in [0.15, 0.2) is 65.8 Å². The molecule has 1 N–H and O–H groups in total. The van der Waals surface area contributed by atoms with Gasteiger partial charge >= 0.3 is 0 Å². The molecule has 6 rings (SSSR count). The molecule has 4 aromatic heterocycles. The third kappa shape index (κ3) is 3.16. The van der Waals surface area contributed by atoms with Gasteiger partial charge in [-0.3, -0.25) is 9.89 Å². The van der Waals surface area contributed by atoms with Gasteiger partial charge in [0.05, 0.1) is 17.0 Å². The van der Waals surface area contributed by atoms with Gasteiger partial charge in [-0.25, -0.2) is 23.3 Å². The zero-order valence-corrected chi connectivity index (χ0v) is 17.9. The third-order valence-electron chi connectivity index (χ3n) is 6.55. The Labute approximate surface area is 187 Å². The average molecular weight is 445 g/mol.